The fourth-order valence-electron chi connectivity index (χ4n) is 1.82. The molecule has 1 atom stereocenters. The van der Waals surface area contributed by atoms with Crippen LogP contribution < -0.4 is 11.1 Å². The van der Waals surface area contributed by atoms with E-state index in [-0.39, 0.29) is 11.5 Å². The highest BCUT2D eigenvalue weighted by atomic mass is 19.1. The van der Waals surface area contributed by atoms with E-state index in [1.165, 1.54) is 6.07 Å². The number of hydrogen-bond acceptors (Lipinski definition) is 2. The van der Waals surface area contributed by atoms with Crippen LogP contribution in [0.2, 0.25) is 0 Å². The van der Waals surface area contributed by atoms with Gasteiger partial charge in [-0.3, -0.25) is 9.59 Å². The number of nitrogens with one attached hydrogen (secondary N) is 1. The number of primary amides is 1. The second-order valence-corrected chi connectivity index (χ2v) is 5.03. The number of carbonyl (C=O) groups is 2. The summed E-state index contributed by atoms with van der Waals surface area (Å²) >= 11 is 0. The molecule has 0 heterocycles. The van der Waals surface area contributed by atoms with Crippen LogP contribution in [0.15, 0.2) is 18.2 Å². The Kier molecular flexibility index (Phi) is 5.61. The van der Waals surface area contributed by atoms with Crippen molar-refractivity contribution in [2.75, 3.05) is 0 Å². The van der Waals surface area contributed by atoms with Gasteiger partial charge in [0.15, 0.2) is 0 Å². The first kappa shape index (κ1) is 16.1. The van der Waals surface area contributed by atoms with Crippen molar-refractivity contribution < 1.29 is 18.4 Å². The summed E-state index contributed by atoms with van der Waals surface area (Å²) in [4.78, 5) is 23.0. The number of carbonyl (C=O) groups excluding carboxylic acids is 2. The van der Waals surface area contributed by atoms with Gasteiger partial charge < -0.3 is 11.1 Å². The Morgan fingerprint density at radius 2 is 1.80 bits per heavy atom. The first-order valence-electron chi connectivity index (χ1n) is 6.32. The number of benzene rings is 1. The number of nitrogens with two attached hydrogens (primary N) is 1. The Hall–Kier alpha value is -1.98. The van der Waals surface area contributed by atoms with E-state index in [0.717, 1.165) is 12.1 Å². The molecule has 0 aliphatic heterocycles. The molecule has 0 aromatic heterocycles. The number of halogens is 2. The van der Waals surface area contributed by atoms with E-state index in [1.54, 1.807) is 0 Å². The molecule has 1 aromatic rings. The molecule has 0 saturated carbocycles. The summed E-state index contributed by atoms with van der Waals surface area (Å²) < 4.78 is 26.8. The van der Waals surface area contributed by atoms with Crippen LogP contribution in [-0.2, 0) is 16.0 Å². The Morgan fingerprint density at radius 3 is 2.25 bits per heavy atom. The van der Waals surface area contributed by atoms with Crippen molar-refractivity contribution >= 4 is 11.8 Å². The van der Waals surface area contributed by atoms with E-state index in [9.17, 15) is 18.4 Å². The molecule has 4 nitrogen and oxygen atoms in total. The summed E-state index contributed by atoms with van der Waals surface area (Å²) in [5.41, 5.74) is 4.86. The minimum atomic E-state index is -0.836. The maximum Gasteiger partial charge on any atom is 0.240 e. The predicted octanol–water partition coefficient (Wildman–Crippen LogP) is 1.52. The zero-order valence-electron chi connectivity index (χ0n) is 11.5. The molecule has 20 heavy (non-hydrogen) atoms. The minimum Gasteiger partial charge on any atom is -0.368 e. The van der Waals surface area contributed by atoms with Gasteiger partial charge >= 0.3 is 0 Å². The van der Waals surface area contributed by atoms with Crippen LogP contribution in [0.1, 0.15) is 25.8 Å². The molecule has 0 aliphatic carbocycles. The van der Waals surface area contributed by atoms with Crippen molar-refractivity contribution in [3.63, 3.8) is 0 Å². The third kappa shape index (κ3) is 4.60. The van der Waals surface area contributed by atoms with Gasteiger partial charge in [0.05, 0.1) is 6.42 Å². The van der Waals surface area contributed by atoms with Gasteiger partial charge in [-0.15, -0.1) is 0 Å². The summed E-state index contributed by atoms with van der Waals surface area (Å²) in [7, 11) is 0. The second-order valence-electron chi connectivity index (χ2n) is 5.03. The summed E-state index contributed by atoms with van der Waals surface area (Å²) in [6, 6.07) is 2.53. The average molecular weight is 284 g/mol. The summed E-state index contributed by atoms with van der Waals surface area (Å²) in [5.74, 6) is -2.74. The molecule has 0 unspecified atom stereocenters. The molecular formula is C14H18F2N2O2. The molecule has 1 aromatic carbocycles. The predicted molar refractivity (Wildman–Crippen MR) is 70.6 cm³/mol. The molecule has 1 rings (SSSR count). The Labute approximate surface area is 116 Å². The van der Waals surface area contributed by atoms with Crippen LogP contribution in [0.4, 0.5) is 8.78 Å². The van der Waals surface area contributed by atoms with E-state index in [4.69, 9.17) is 5.73 Å². The van der Waals surface area contributed by atoms with Crippen molar-refractivity contribution in [1.82, 2.24) is 5.32 Å². The first-order chi connectivity index (χ1) is 9.31. The van der Waals surface area contributed by atoms with Crippen molar-refractivity contribution in [3.05, 3.63) is 35.4 Å². The lowest BCUT2D eigenvalue weighted by molar-refractivity contribution is -0.127. The largest absolute Gasteiger partial charge is 0.368 e. The van der Waals surface area contributed by atoms with Gasteiger partial charge in [-0.25, -0.2) is 8.78 Å². The number of hydrogen-bond donors (Lipinski definition) is 2. The maximum absolute atomic E-state index is 13.4. The van der Waals surface area contributed by atoms with Crippen LogP contribution in [0, 0.1) is 17.6 Å². The van der Waals surface area contributed by atoms with E-state index < -0.39 is 35.9 Å². The fraction of sp³-hybridized carbons (Fsp3) is 0.429. The topological polar surface area (TPSA) is 72.2 Å². The van der Waals surface area contributed by atoms with Crippen LogP contribution in [-0.4, -0.2) is 17.9 Å². The van der Waals surface area contributed by atoms with Crippen LogP contribution >= 0.6 is 0 Å². The van der Waals surface area contributed by atoms with E-state index in [0.29, 0.717) is 6.42 Å². The third-order valence-electron chi connectivity index (χ3n) is 2.78. The fourth-order valence-corrected chi connectivity index (χ4v) is 1.82. The van der Waals surface area contributed by atoms with Crippen molar-refractivity contribution in [2.45, 2.75) is 32.7 Å². The maximum atomic E-state index is 13.4. The minimum absolute atomic E-state index is 0.151. The monoisotopic (exact) mass is 284 g/mol. The summed E-state index contributed by atoms with van der Waals surface area (Å²) in [6.07, 6.45) is -0.0960. The average Bonchev–Trinajstić information content (AvgIpc) is 2.32. The van der Waals surface area contributed by atoms with Crippen LogP contribution in [0.25, 0.3) is 0 Å². The van der Waals surface area contributed by atoms with Gasteiger partial charge in [0.2, 0.25) is 11.8 Å². The lowest BCUT2D eigenvalue weighted by Crippen LogP contribution is -2.45. The van der Waals surface area contributed by atoms with Gasteiger partial charge in [-0.2, -0.15) is 0 Å². The number of amides is 2. The van der Waals surface area contributed by atoms with Gasteiger partial charge in [-0.05, 0) is 24.5 Å². The molecule has 0 fully saturated rings. The first-order valence-corrected chi connectivity index (χ1v) is 6.32. The molecule has 0 saturated heterocycles. The molecule has 6 heteroatoms. The molecular weight excluding hydrogens is 266 g/mol. The van der Waals surface area contributed by atoms with E-state index in [1.807, 2.05) is 13.8 Å². The Balaban J connectivity index is 2.73. The van der Waals surface area contributed by atoms with Crippen LogP contribution in [0.3, 0.4) is 0 Å². The van der Waals surface area contributed by atoms with Crippen molar-refractivity contribution in [3.8, 4) is 0 Å². The zero-order valence-corrected chi connectivity index (χ0v) is 11.5. The highest BCUT2D eigenvalue weighted by Crippen LogP contribution is 2.13. The smallest absolute Gasteiger partial charge is 0.240 e. The van der Waals surface area contributed by atoms with Gasteiger partial charge in [0.1, 0.15) is 17.7 Å². The Morgan fingerprint density at radius 1 is 1.25 bits per heavy atom. The highest BCUT2D eigenvalue weighted by molar-refractivity contribution is 5.87. The SMILES string of the molecule is CC(C)C[C@H](NC(=O)Cc1c(F)cccc1F)C(N)=O. The van der Waals surface area contributed by atoms with Crippen molar-refractivity contribution in [2.24, 2.45) is 11.7 Å². The van der Waals surface area contributed by atoms with Gasteiger partial charge in [0.25, 0.3) is 0 Å². The lowest BCUT2D eigenvalue weighted by Gasteiger charge is -2.17. The van der Waals surface area contributed by atoms with Gasteiger partial charge in [-0.1, -0.05) is 19.9 Å². The quantitative estimate of drug-likeness (QED) is 0.831. The van der Waals surface area contributed by atoms with E-state index in [2.05, 4.69) is 5.32 Å². The zero-order chi connectivity index (χ0) is 15.3. The molecule has 0 bridgehead atoms. The van der Waals surface area contributed by atoms with E-state index >= 15 is 0 Å². The molecule has 2 amide bonds. The molecule has 110 valence electrons. The van der Waals surface area contributed by atoms with Crippen molar-refractivity contribution in [1.29, 1.82) is 0 Å². The molecule has 0 spiro atoms. The summed E-state index contributed by atoms with van der Waals surface area (Å²) in [5, 5.41) is 2.40. The normalized spacial score (nSPS) is 12.2. The van der Waals surface area contributed by atoms with Crippen LogP contribution in [0.5, 0.6) is 0 Å². The Bertz CT molecular complexity index is 484. The standard InChI is InChI=1S/C14H18F2N2O2/c1-8(2)6-12(14(17)20)18-13(19)7-9-10(15)4-3-5-11(9)16/h3-5,8,12H,6-7H2,1-2H3,(H2,17,20)(H,18,19)/t12-/m0/s1. The highest BCUT2D eigenvalue weighted by Gasteiger charge is 2.21. The molecule has 0 aliphatic rings. The number of rotatable bonds is 6. The summed E-state index contributed by atoms with van der Waals surface area (Å²) in [6.45, 7) is 3.75. The second kappa shape index (κ2) is 6.98. The third-order valence-corrected chi connectivity index (χ3v) is 2.78. The lowest BCUT2D eigenvalue weighted by atomic mass is 10.0. The van der Waals surface area contributed by atoms with Gasteiger partial charge in [0, 0.05) is 5.56 Å². The molecule has 3 N–H and O–H groups in total. The molecule has 0 radical (unpaired) electrons.